The van der Waals surface area contributed by atoms with Gasteiger partial charge in [0.25, 0.3) is 0 Å². The summed E-state index contributed by atoms with van der Waals surface area (Å²) in [5, 5.41) is 8.34. The largest absolute Gasteiger partial charge is 0.451 e. The average Bonchev–Trinajstić information content (AvgIpc) is 3.36. The minimum atomic E-state index is -0.374. The van der Waals surface area contributed by atoms with Crippen LogP contribution in [-0.4, -0.2) is 16.7 Å². The third-order valence-electron chi connectivity index (χ3n) is 5.18. The van der Waals surface area contributed by atoms with Crippen LogP contribution in [0.1, 0.15) is 23.0 Å². The molecule has 0 saturated carbocycles. The van der Waals surface area contributed by atoms with E-state index in [0.717, 1.165) is 39.2 Å². The Hall–Kier alpha value is -3.86. The van der Waals surface area contributed by atoms with E-state index in [1.54, 1.807) is 12.3 Å². The van der Waals surface area contributed by atoms with Crippen molar-refractivity contribution in [3.8, 4) is 0 Å². The predicted octanol–water partition coefficient (Wildman–Crippen LogP) is 5.32. The summed E-state index contributed by atoms with van der Waals surface area (Å²) in [6.07, 6.45) is 3.71. The van der Waals surface area contributed by atoms with Crippen molar-refractivity contribution in [1.29, 1.82) is 0 Å². The molecule has 0 fully saturated rings. The average molecular weight is 381 g/mol. The summed E-state index contributed by atoms with van der Waals surface area (Å²) in [4.78, 5) is 12.5. The third-order valence-corrected chi connectivity index (χ3v) is 5.18. The van der Waals surface area contributed by atoms with Gasteiger partial charge in [-0.1, -0.05) is 48.5 Å². The van der Waals surface area contributed by atoms with E-state index in [1.165, 1.54) is 0 Å². The first kappa shape index (κ1) is 17.3. The number of carbonyl (C=O) groups is 1. The molecule has 3 aromatic carbocycles. The Morgan fingerprint density at radius 2 is 1.83 bits per heavy atom. The molecule has 5 nitrogen and oxygen atoms in total. The SMILES string of the molecule is CCn1cc(/C=N\NC(=O)c2cc3c(ccc4ccccc43)o2)c2ccccc21. The van der Waals surface area contributed by atoms with Crippen LogP contribution < -0.4 is 5.43 Å². The van der Waals surface area contributed by atoms with Crippen molar-refractivity contribution in [2.24, 2.45) is 5.10 Å². The van der Waals surface area contributed by atoms with E-state index in [4.69, 9.17) is 4.42 Å². The summed E-state index contributed by atoms with van der Waals surface area (Å²) < 4.78 is 7.90. The molecule has 0 aliphatic rings. The van der Waals surface area contributed by atoms with Gasteiger partial charge in [-0.2, -0.15) is 5.10 Å². The number of aryl methyl sites for hydroxylation is 1. The quantitative estimate of drug-likeness (QED) is 0.338. The highest BCUT2D eigenvalue weighted by molar-refractivity contribution is 6.08. The summed E-state index contributed by atoms with van der Waals surface area (Å²) in [6.45, 7) is 2.97. The number of furan rings is 1. The van der Waals surface area contributed by atoms with Crippen LogP contribution >= 0.6 is 0 Å². The normalized spacial score (nSPS) is 11.8. The molecule has 0 unspecified atom stereocenters. The Balaban J connectivity index is 1.42. The smallest absolute Gasteiger partial charge is 0.307 e. The Morgan fingerprint density at radius 1 is 1.03 bits per heavy atom. The number of para-hydroxylation sites is 1. The van der Waals surface area contributed by atoms with E-state index < -0.39 is 0 Å². The maximum absolute atomic E-state index is 12.5. The fourth-order valence-electron chi connectivity index (χ4n) is 3.76. The number of amides is 1. The van der Waals surface area contributed by atoms with Crippen LogP contribution in [0.4, 0.5) is 0 Å². The summed E-state index contributed by atoms with van der Waals surface area (Å²) >= 11 is 0. The maximum atomic E-state index is 12.5. The fourth-order valence-corrected chi connectivity index (χ4v) is 3.76. The van der Waals surface area contributed by atoms with Crippen molar-refractivity contribution in [3.63, 3.8) is 0 Å². The van der Waals surface area contributed by atoms with E-state index in [9.17, 15) is 4.79 Å². The molecule has 0 aliphatic heterocycles. The van der Waals surface area contributed by atoms with Crippen molar-refractivity contribution in [3.05, 3.63) is 84.3 Å². The van der Waals surface area contributed by atoms with Crippen molar-refractivity contribution in [2.45, 2.75) is 13.5 Å². The number of rotatable bonds is 4. The molecule has 1 N–H and O–H groups in total. The second kappa shape index (κ2) is 6.95. The Labute approximate surface area is 167 Å². The topological polar surface area (TPSA) is 59.5 Å². The van der Waals surface area contributed by atoms with Gasteiger partial charge in [0.05, 0.1) is 6.21 Å². The molecule has 5 heteroatoms. The zero-order valence-electron chi connectivity index (χ0n) is 15.9. The lowest BCUT2D eigenvalue weighted by atomic mass is 10.1. The minimum absolute atomic E-state index is 0.240. The van der Waals surface area contributed by atoms with Crippen molar-refractivity contribution in [2.75, 3.05) is 0 Å². The summed E-state index contributed by atoms with van der Waals surface area (Å²) in [7, 11) is 0. The molecule has 0 atom stereocenters. The molecule has 142 valence electrons. The molecule has 0 saturated heterocycles. The number of carbonyl (C=O) groups excluding carboxylic acids is 1. The van der Waals surface area contributed by atoms with Crippen molar-refractivity contribution in [1.82, 2.24) is 9.99 Å². The summed E-state index contributed by atoms with van der Waals surface area (Å²) in [5.74, 6) is -0.134. The van der Waals surface area contributed by atoms with Gasteiger partial charge in [0.2, 0.25) is 0 Å². The van der Waals surface area contributed by atoms with Crippen LogP contribution in [0.15, 0.2) is 82.4 Å². The molecule has 2 heterocycles. The second-order valence-electron chi connectivity index (χ2n) is 6.90. The molecule has 5 aromatic rings. The van der Waals surface area contributed by atoms with Gasteiger partial charge in [-0.05, 0) is 35.9 Å². The van der Waals surface area contributed by atoms with Gasteiger partial charge in [-0.3, -0.25) is 4.79 Å². The van der Waals surface area contributed by atoms with Crippen molar-refractivity contribution >= 4 is 44.8 Å². The number of aromatic nitrogens is 1. The van der Waals surface area contributed by atoms with E-state index in [1.807, 2.05) is 54.7 Å². The zero-order valence-corrected chi connectivity index (χ0v) is 15.9. The maximum Gasteiger partial charge on any atom is 0.307 e. The first-order chi connectivity index (χ1) is 14.2. The Kier molecular flexibility index (Phi) is 4.13. The first-order valence-corrected chi connectivity index (χ1v) is 9.57. The second-order valence-corrected chi connectivity index (χ2v) is 6.90. The van der Waals surface area contributed by atoms with E-state index in [2.05, 4.69) is 34.2 Å². The fraction of sp³-hybridized carbons (Fsp3) is 0.0833. The van der Waals surface area contributed by atoms with Gasteiger partial charge in [-0.15, -0.1) is 0 Å². The molecule has 0 radical (unpaired) electrons. The summed E-state index contributed by atoms with van der Waals surface area (Å²) in [5.41, 5.74) is 5.36. The Bertz CT molecular complexity index is 1390. The van der Waals surface area contributed by atoms with Crippen molar-refractivity contribution < 1.29 is 9.21 Å². The number of hydrazone groups is 1. The molecule has 0 aliphatic carbocycles. The minimum Gasteiger partial charge on any atom is -0.451 e. The molecule has 2 aromatic heterocycles. The van der Waals surface area contributed by atoms with E-state index >= 15 is 0 Å². The summed E-state index contributed by atoms with van der Waals surface area (Å²) in [6, 6.07) is 21.8. The number of nitrogens with one attached hydrogen (secondary N) is 1. The van der Waals surface area contributed by atoms with Gasteiger partial charge < -0.3 is 8.98 Å². The highest BCUT2D eigenvalue weighted by Crippen LogP contribution is 2.28. The number of hydrogen-bond donors (Lipinski definition) is 1. The van der Waals surface area contributed by atoms with Crippen LogP contribution in [-0.2, 0) is 6.54 Å². The predicted molar refractivity (Wildman–Crippen MR) is 116 cm³/mol. The van der Waals surface area contributed by atoms with Crippen LogP contribution in [0.5, 0.6) is 0 Å². The van der Waals surface area contributed by atoms with Gasteiger partial charge in [0.15, 0.2) is 5.76 Å². The lowest BCUT2D eigenvalue weighted by Crippen LogP contribution is -2.16. The lowest BCUT2D eigenvalue weighted by Gasteiger charge is -1.97. The lowest BCUT2D eigenvalue weighted by molar-refractivity contribution is 0.0929. The standard InChI is InChI=1S/C24H19N3O2/c1-2-27-15-17(19-9-5-6-10-21(19)27)14-25-26-24(28)23-13-20-18-8-4-3-7-16(18)11-12-22(20)29-23/h3-15H,2H2,1H3,(H,26,28)/b25-14-. The molecule has 0 spiro atoms. The Morgan fingerprint density at radius 3 is 2.69 bits per heavy atom. The highest BCUT2D eigenvalue weighted by Gasteiger charge is 2.13. The molecule has 29 heavy (non-hydrogen) atoms. The monoisotopic (exact) mass is 381 g/mol. The molecular formula is C24H19N3O2. The molecule has 5 rings (SSSR count). The number of fused-ring (bicyclic) bond motifs is 4. The number of hydrogen-bond acceptors (Lipinski definition) is 3. The van der Waals surface area contributed by atoms with E-state index in [0.29, 0.717) is 5.58 Å². The third kappa shape index (κ3) is 2.97. The first-order valence-electron chi connectivity index (χ1n) is 9.57. The molecule has 1 amide bonds. The van der Waals surface area contributed by atoms with Gasteiger partial charge in [0, 0.05) is 34.6 Å². The molecular weight excluding hydrogens is 362 g/mol. The van der Waals surface area contributed by atoms with Crippen LogP contribution in [0.3, 0.4) is 0 Å². The van der Waals surface area contributed by atoms with Crippen LogP contribution in [0.2, 0.25) is 0 Å². The van der Waals surface area contributed by atoms with Gasteiger partial charge in [0.1, 0.15) is 5.58 Å². The van der Waals surface area contributed by atoms with Crippen LogP contribution in [0.25, 0.3) is 32.6 Å². The van der Waals surface area contributed by atoms with E-state index in [-0.39, 0.29) is 11.7 Å². The zero-order chi connectivity index (χ0) is 19.8. The van der Waals surface area contributed by atoms with Crippen LogP contribution in [0, 0.1) is 0 Å². The van der Waals surface area contributed by atoms with Gasteiger partial charge >= 0.3 is 5.91 Å². The number of benzene rings is 3. The highest BCUT2D eigenvalue weighted by atomic mass is 16.3. The molecule has 0 bridgehead atoms. The number of nitrogens with zero attached hydrogens (tertiary/aromatic N) is 2. The van der Waals surface area contributed by atoms with Gasteiger partial charge in [-0.25, -0.2) is 5.43 Å².